The van der Waals surface area contributed by atoms with Crippen molar-refractivity contribution < 1.29 is 19.4 Å². The number of benzene rings is 2. The molecule has 0 fully saturated rings. The van der Waals surface area contributed by atoms with Gasteiger partial charge in [0.2, 0.25) is 0 Å². The molecule has 1 atom stereocenters. The lowest BCUT2D eigenvalue weighted by atomic mass is 9.88. The van der Waals surface area contributed by atoms with E-state index < -0.39 is 11.5 Å². The lowest BCUT2D eigenvalue weighted by Crippen LogP contribution is -2.41. The first-order valence-corrected chi connectivity index (χ1v) is 9.00. The Kier molecular flexibility index (Phi) is 5.35. The molecule has 1 unspecified atom stereocenters. The predicted octanol–water partition coefficient (Wildman–Crippen LogP) is 3.73. The number of fused-ring (bicyclic) bond motifs is 1. The summed E-state index contributed by atoms with van der Waals surface area (Å²) in [6.45, 7) is 6.28. The van der Waals surface area contributed by atoms with Gasteiger partial charge in [0.15, 0.2) is 11.4 Å². The number of halogens is 1. The summed E-state index contributed by atoms with van der Waals surface area (Å²) in [5, 5.41) is 11.6. The number of rotatable bonds is 7. The van der Waals surface area contributed by atoms with Crippen LogP contribution in [0.25, 0.3) is 0 Å². The molecule has 1 N–H and O–H groups in total. The van der Waals surface area contributed by atoms with Crippen molar-refractivity contribution in [1.82, 2.24) is 0 Å². The van der Waals surface area contributed by atoms with Crippen LogP contribution in [-0.4, -0.2) is 29.9 Å². The Labute approximate surface area is 162 Å². The third-order valence-electron chi connectivity index (χ3n) is 4.51. The number of anilines is 1. The van der Waals surface area contributed by atoms with Crippen molar-refractivity contribution in [3.05, 3.63) is 71.3 Å². The molecule has 0 bridgehead atoms. The SMILES string of the molecule is C=CCN1C(=O)C(O)(CC(=O)c2ccc(OCC)cc2)c2cc(Cl)ccc21. The van der Waals surface area contributed by atoms with E-state index in [0.717, 1.165) is 0 Å². The van der Waals surface area contributed by atoms with Gasteiger partial charge in [-0.3, -0.25) is 9.59 Å². The summed E-state index contributed by atoms with van der Waals surface area (Å²) in [5.74, 6) is -0.252. The molecule has 5 nitrogen and oxygen atoms in total. The minimum atomic E-state index is -1.96. The van der Waals surface area contributed by atoms with E-state index in [0.29, 0.717) is 34.2 Å². The van der Waals surface area contributed by atoms with Gasteiger partial charge in [-0.15, -0.1) is 6.58 Å². The molecule has 6 heteroatoms. The Morgan fingerprint density at radius 1 is 1.30 bits per heavy atom. The summed E-state index contributed by atoms with van der Waals surface area (Å²) in [5.41, 5.74) is -0.698. The van der Waals surface area contributed by atoms with E-state index in [2.05, 4.69) is 6.58 Å². The van der Waals surface area contributed by atoms with Crippen molar-refractivity contribution in [3.63, 3.8) is 0 Å². The number of Topliss-reactive ketones (excluding diaryl/α,β-unsaturated/α-hetero) is 1. The Balaban J connectivity index is 1.93. The lowest BCUT2D eigenvalue weighted by Gasteiger charge is -2.22. The second kappa shape index (κ2) is 7.55. The minimum absolute atomic E-state index is 0.229. The molecule has 1 heterocycles. The third kappa shape index (κ3) is 3.48. The van der Waals surface area contributed by atoms with Crippen molar-refractivity contribution in [1.29, 1.82) is 0 Å². The fourth-order valence-corrected chi connectivity index (χ4v) is 3.41. The van der Waals surface area contributed by atoms with Gasteiger partial charge in [0.1, 0.15) is 5.75 Å². The monoisotopic (exact) mass is 385 g/mol. The van der Waals surface area contributed by atoms with Gasteiger partial charge < -0.3 is 14.7 Å². The van der Waals surface area contributed by atoms with Gasteiger partial charge in [0, 0.05) is 22.7 Å². The average Bonchev–Trinajstić information content (AvgIpc) is 2.84. The number of carbonyl (C=O) groups is 2. The highest BCUT2D eigenvalue weighted by atomic mass is 35.5. The number of hydrogen-bond donors (Lipinski definition) is 1. The van der Waals surface area contributed by atoms with E-state index in [1.165, 1.54) is 11.0 Å². The third-order valence-corrected chi connectivity index (χ3v) is 4.74. The van der Waals surface area contributed by atoms with Gasteiger partial charge >= 0.3 is 0 Å². The molecular formula is C21H20ClNO4. The predicted molar refractivity (Wildman–Crippen MR) is 104 cm³/mol. The summed E-state index contributed by atoms with van der Waals surface area (Å²) >= 11 is 6.06. The number of carbonyl (C=O) groups excluding carboxylic acids is 2. The van der Waals surface area contributed by atoms with Gasteiger partial charge in [0.25, 0.3) is 5.91 Å². The number of ether oxygens (including phenoxy) is 1. The normalized spacial score (nSPS) is 18.3. The highest BCUT2D eigenvalue weighted by Crippen LogP contribution is 2.44. The van der Waals surface area contributed by atoms with Crippen LogP contribution < -0.4 is 9.64 Å². The van der Waals surface area contributed by atoms with Crippen LogP contribution in [-0.2, 0) is 10.4 Å². The summed E-state index contributed by atoms with van der Waals surface area (Å²) in [4.78, 5) is 27.1. The first-order valence-electron chi connectivity index (χ1n) is 8.62. The summed E-state index contributed by atoms with van der Waals surface area (Å²) in [6, 6.07) is 11.5. The molecule has 0 spiro atoms. The summed E-state index contributed by atoms with van der Waals surface area (Å²) < 4.78 is 5.37. The van der Waals surface area contributed by atoms with Gasteiger partial charge in [-0.05, 0) is 49.4 Å². The maximum Gasteiger partial charge on any atom is 0.264 e. The topological polar surface area (TPSA) is 66.8 Å². The van der Waals surface area contributed by atoms with Crippen molar-refractivity contribution in [2.24, 2.45) is 0 Å². The first-order chi connectivity index (χ1) is 12.9. The molecule has 2 aromatic rings. The van der Waals surface area contributed by atoms with Crippen LogP contribution in [0, 0.1) is 0 Å². The largest absolute Gasteiger partial charge is 0.494 e. The summed E-state index contributed by atoms with van der Waals surface area (Å²) in [7, 11) is 0. The standard InChI is InChI=1S/C21H20ClNO4/c1-3-11-23-18-10-7-15(22)12-17(18)21(26,20(23)25)13-19(24)14-5-8-16(9-6-14)27-4-2/h3,5-10,12,26H,1,4,11,13H2,2H3. The maximum atomic E-state index is 12.9. The van der Waals surface area contributed by atoms with Crippen molar-refractivity contribution in [2.45, 2.75) is 18.9 Å². The van der Waals surface area contributed by atoms with Crippen LogP contribution in [0.5, 0.6) is 5.75 Å². The highest BCUT2D eigenvalue weighted by molar-refractivity contribution is 6.31. The van der Waals surface area contributed by atoms with Gasteiger partial charge in [-0.1, -0.05) is 17.7 Å². The van der Waals surface area contributed by atoms with E-state index in [-0.39, 0.29) is 18.7 Å². The molecule has 0 aromatic heterocycles. The number of amides is 1. The van der Waals surface area contributed by atoms with Crippen molar-refractivity contribution in [3.8, 4) is 5.75 Å². The van der Waals surface area contributed by atoms with Crippen molar-refractivity contribution in [2.75, 3.05) is 18.1 Å². The van der Waals surface area contributed by atoms with Crippen LogP contribution in [0.2, 0.25) is 5.02 Å². The zero-order valence-electron chi connectivity index (χ0n) is 14.9. The Morgan fingerprint density at radius 3 is 2.63 bits per heavy atom. The Morgan fingerprint density at radius 2 is 2.00 bits per heavy atom. The molecule has 140 valence electrons. The van der Waals surface area contributed by atoms with E-state index in [4.69, 9.17) is 16.3 Å². The van der Waals surface area contributed by atoms with E-state index in [9.17, 15) is 14.7 Å². The van der Waals surface area contributed by atoms with Crippen molar-refractivity contribution >= 4 is 29.0 Å². The van der Waals surface area contributed by atoms with E-state index in [1.54, 1.807) is 42.5 Å². The van der Waals surface area contributed by atoms with Crippen LogP contribution in [0.4, 0.5) is 5.69 Å². The van der Waals surface area contributed by atoms with Gasteiger partial charge in [-0.25, -0.2) is 0 Å². The molecule has 27 heavy (non-hydrogen) atoms. The number of ketones is 1. The fourth-order valence-electron chi connectivity index (χ4n) is 3.24. The average molecular weight is 386 g/mol. The van der Waals surface area contributed by atoms with E-state index >= 15 is 0 Å². The van der Waals surface area contributed by atoms with Crippen LogP contribution in [0.15, 0.2) is 55.1 Å². The molecule has 0 aliphatic carbocycles. The Hall–Kier alpha value is -2.63. The smallest absolute Gasteiger partial charge is 0.264 e. The van der Waals surface area contributed by atoms with E-state index in [1.807, 2.05) is 6.92 Å². The number of aliphatic hydroxyl groups is 1. The zero-order valence-corrected chi connectivity index (χ0v) is 15.7. The van der Waals surface area contributed by atoms with Crippen LogP contribution in [0.1, 0.15) is 29.3 Å². The molecule has 0 saturated heterocycles. The molecule has 1 aliphatic rings. The zero-order chi connectivity index (χ0) is 19.6. The molecule has 2 aromatic carbocycles. The lowest BCUT2D eigenvalue weighted by molar-refractivity contribution is -0.135. The second-order valence-corrected chi connectivity index (χ2v) is 6.72. The molecule has 1 aliphatic heterocycles. The second-order valence-electron chi connectivity index (χ2n) is 6.28. The van der Waals surface area contributed by atoms with Gasteiger partial charge in [0.05, 0.1) is 18.7 Å². The maximum absolute atomic E-state index is 12.9. The van der Waals surface area contributed by atoms with Gasteiger partial charge in [-0.2, -0.15) is 0 Å². The number of nitrogens with zero attached hydrogens (tertiary/aromatic N) is 1. The van der Waals surface area contributed by atoms with Crippen LogP contribution >= 0.6 is 11.6 Å². The quantitative estimate of drug-likeness (QED) is 0.582. The minimum Gasteiger partial charge on any atom is -0.494 e. The molecule has 0 saturated carbocycles. The highest BCUT2D eigenvalue weighted by Gasteiger charge is 2.50. The molecule has 3 rings (SSSR count). The van der Waals surface area contributed by atoms with Crippen LogP contribution in [0.3, 0.4) is 0 Å². The molecule has 0 radical (unpaired) electrons. The first kappa shape index (κ1) is 19.1. The fraction of sp³-hybridized carbons (Fsp3) is 0.238. The number of hydrogen-bond acceptors (Lipinski definition) is 4. The molecular weight excluding hydrogens is 366 g/mol. The Bertz CT molecular complexity index is 894. The molecule has 1 amide bonds. The summed E-state index contributed by atoms with van der Waals surface area (Å²) in [6.07, 6.45) is 1.19.